The Kier molecular flexibility index (Phi) is 2.05. The second kappa shape index (κ2) is 3.43. The zero-order chi connectivity index (χ0) is 11.1. The Labute approximate surface area is 94.1 Å². The predicted octanol–water partition coefficient (Wildman–Crippen LogP) is 0.467. The Morgan fingerprint density at radius 2 is 2.06 bits per heavy atom. The first-order valence-electron chi connectivity index (χ1n) is 5.58. The molecule has 16 heavy (non-hydrogen) atoms. The molecule has 5 heteroatoms. The second-order valence-corrected chi connectivity index (χ2v) is 4.37. The Bertz CT molecular complexity index is 442. The summed E-state index contributed by atoms with van der Waals surface area (Å²) in [5.74, 6) is 1.84. The van der Waals surface area contributed by atoms with E-state index in [2.05, 4.69) is 14.9 Å². The van der Waals surface area contributed by atoms with Gasteiger partial charge in [0.2, 0.25) is 6.41 Å². The van der Waals surface area contributed by atoms with Crippen molar-refractivity contribution in [2.24, 2.45) is 0 Å². The summed E-state index contributed by atoms with van der Waals surface area (Å²) in [7, 11) is 0. The monoisotopic (exact) mass is 218 g/mol. The molecular formula is C11H14N4O. The number of anilines is 1. The summed E-state index contributed by atoms with van der Waals surface area (Å²) in [6, 6.07) is 0. The van der Waals surface area contributed by atoms with Gasteiger partial charge in [0.1, 0.15) is 11.6 Å². The predicted molar refractivity (Wildman–Crippen MR) is 58.9 cm³/mol. The van der Waals surface area contributed by atoms with E-state index in [4.69, 9.17) is 0 Å². The molecule has 0 unspecified atom stereocenters. The van der Waals surface area contributed by atoms with Gasteiger partial charge in [0.15, 0.2) is 0 Å². The topological polar surface area (TPSA) is 49.3 Å². The summed E-state index contributed by atoms with van der Waals surface area (Å²) < 4.78 is 0. The summed E-state index contributed by atoms with van der Waals surface area (Å²) in [6.07, 6.45) is 2.12. The number of fused-ring (bicyclic) bond motifs is 1. The minimum Gasteiger partial charge on any atom is -0.356 e. The van der Waals surface area contributed by atoms with Gasteiger partial charge in [0.05, 0.1) is 18.8 Å². The van der Waals surface area contributed by atoms with Crippen LogP contribution in [0.25, 0.3) is 0 Å². The number of nitrogens with zero attached hydrogens (tertiary/aromatic N) is 4. The number of carbonyl (C=O) groups excluding carboxylic acids is 1. The average molecular weight is 218 g/mol. The average Bonchev–Trinajstić information content (AvgIpc) is 2.57. The first kappa shape index (κ1) is 9.57. The summed E-state index contributed by atoms with van der Waals surface area (Å²) >= 11 is 0. The zero-order valence-electron chi connectivity index (χ0n) is 9.31. The van der Waals surface area contributed by atoms with Crippen molar-refractivity contribution in [3.63, 3.8) is 0 Å². The fourth-order valence-corrected chi connectivity index (χ4v) is 2.25. The van der Waals surface area contributed by atoms with Crippen LogP contribution in [0.4, 0.5) is 5.82 Å². The maximum Gasteiger partial charge on any atom is 0.210 e. The van der Waals surface area contributed by atoms with Gasteiger partial charge in [-0.25, -0.2) is 9.97 Å². The van der Waals surface area contributed by atoms with E-state index in [9.17, 15) is 4.79 Å². The lowest BCUT2D eigenvalue weighted by Gasteiger charge is -2.33. The highest BCUT2D eigenvalue weighted by Crippen LogP contribution is 2.30. The van der Waals surface area contributed by atoms with E-state index in [-0.39, 0.29) is 0 Å². The van der Waals surface area contributed by atoms with Crippen molar-refractivity contribution in [2.75, 3.05) is 18.0 Å². The van der Waals surface area contributed by atoms with Crippen LogP contribution in [0.1, 0.15) is 23.5 Å². The Balaban J connectivity index is 2.02. The van der Waals surface area contributed by atoms with Crippen LogP contribution in [0, 0.1) is 6.92 Å². The highest BCUT2D eigenvalue weighted by atomic mass is 16.1. The Morgan fingerprint density at radius 3 is 2.69 bits per heavy atom. The summed E-state index contributed by atoms with van der Waals surface area (Å²) in [4.78, 5) is 23.7. The van der Waals surface area contributed by atoms with Crippen LogP contribution in [-0.4, -0.2) is 34.4 Å². The molecule has 3 rings (SSSR count). The van der Waals surface area contributed by atoms with Gasteiger partial charge < -0.3 is 9.80 Å². The van der Waals surface area contributed by atoms with E-state index in [1.165, 1.54) is 6.42 Å². The SMILES string of the molecule is Cc1nc2c(c(N3CCC3)n1)CN(C=O)C2. The van der Waals surface area contributed by atoms with E-state index in [0.29, 0.717) is 13.1 Å². The van der Waals surface area contributed by atoms with Crippen LogP contribution < -0.4 is 4.90 Å². The summed E-state index contributed by atoms with van der Waals surface area (Å²) in [5.41, 5.74) is 2.15. The lowest BCUT2D eigenvalue weighted by molar-refractivity contribution is -0.118. The number of rotatable bonds is 2. The minimum absolute atomic E-state index is 0.628. The maximum absolute atomic E-state index is 10.8. The van der Waals surface area contributed by atoms with Crippen LogP contribution in [0.2, 0.25) is 0 Å². The van der Waals surface area contributed by atoms with Crippen molar-refractivity contribution in [1.29, 1.82) is 0 Å². The normalized spacial score (nSPS) is 18.3. The largest absolute Gasteiger partial charge is 0.356 e. The Hall–Kier alpha value is -1.65. The maximum atomic E-state index is 10.8. The van der Waals surface area contributed by atoms with Crippen LogP contribution in [0.3, 0.4) is 0 Å². The second-order valence-electron chi connectivity index (χ2n) is 4.37. The molecule has 1 saturated heterocycles. The molecule has 0 atom stereocenters. The number of hydrogen-bond donors (Lipinski definition) is 0. The number of carbonyl (C=O) groups is 1. The number of hydrogen-bond acceptors (Lipinski definition) is 4. The van der Waals surface area contributed by atoms with Crippen molar-refractivity contribution >= 4 is 12.2 Å². The van der Waals surface area contributed by atoms with Crippen LogP contribution >= 0.6 is 0 Å². The van der Waals surface area contributed by atoms with Crippen LogP contribution in [-0.2, 0) is 17.9 Å². The molecule has 1 amide bonds. The minimum atomic E-state index is 0.628. The molecule has 0 radical (unpaired) electrons. The zero-order valence-corrected chi connectivity index (χ0v) is 9.31. The molecule has 2 aliphatic heterocycles. The molecule has 84 valence electrons. The molecule has 3 heterocycles. The van der Waals surface area contributed by atoms with E-state index in [1.807, 2.05) is 6.92 Å². The fraction of sp³-hybridized carbons (Fsp3) is 0.545. The molecule has 0 N–H and O–H groups in total. The van der Waals surface area contributed by atoms with E-state index >= 15 is 0 Å². The van der Waals surface area contributed by atoms with Crippen LogP contribution in [0.5, 0.6) is 0 Å². The highest BCUT2D eigenvalue weighted by molar-refractivity contribution is 5.57. The molecular weight excluding hydrogens is 204 g/mol. The summed E-state index contributed by atoms with van der Waals surface area (Å²) in [6.45, 7) is 5.34. The van der Waals surface area contributed by atoms with E-state index < -0.39 is 0 Å². The van der Waals surface area contributed by atoms with E-state index in [1.54, 1.807) is 4.90 Å². The fourth-order valence-electron chi connectivity index (χ4n) is 2.25. The number of amides is 1. The molecule has 1 aromatic heterocycles. The van der Waals surface area contributed by atoms with Crippen molar-refractivity contribution in [2.45, 2.75) is 26.4 Å². The number of aromatic nitrogens is 2. The van der Waals surface area contributed by atoms with Crippen molar-refractivity contribution in [3.05, 3.63) is 17.1 Å². The van der Waals surface area contributed by atoms with Gasteiger partial charge >= 0.3 is 0 Å². The van der Waals surface area contributed by atoms with Crippen molar-refractivity contribution in [3.8, 4) is 0 Å². The molecule has 0 aromatic carbocycles. The van der Waals surface area contributed by atoms with Crippen molar-refractivity contribution < 1.29 is 4.79 Å². The standard InChI is InChI=1S/C11H14N4O/c1-8-12-10-6-14(7-16)5-9(10)11(13-8)15-3-2-4-15/h7H,2-6H2,1H3. The number of aryl methyl sites for hydroxylation is 1. The van der Waals surface area contributed by atoms with Crippen LogP contribution in [0.15, 0.2) is 0 Å². The van der Waals surface area contributed by atoms with Gasteiger partial charge in [-0.1, -0.05) is 0 Å². The van der Waals surface area contributed by atoms with Gasteiger partial charge in [0, 0.05) is 18.7 Å². The molecule has 5 nitrogen and oxygen atoms in total. The summed E-state index contributed by atoms with van der Waals surface area (Å²) in [5, 5.41) is 0. The smallest absolute Gasteiger partial charge is 0.210 e. The lowest BCUT2D eigenvalue weighted by atomic mass is 10.1. The molecule has 1 fully saturated rings. The third kappa shape index (κ3) is 1.35. The van der Waals surface area contributed by atoms with Gasteiger partial charge in [-0.15, -0.1) is 0 Å². The third-order valence-corrected chi connectivity index (χ3v) is 3.20. The molecule has 0 saturated carbocycles. The van der Waals surface area contributed by atoms with Crippen molar-refractivity contribution in [1.82, 2.24) is 14.9 Å². The highest BCUT2D eigenvalue weighted by Gasteiger charge is 2.28. The first-order valence-corrected chi connectivity index (χ1v) is 5.58. The Morgan fingerprint density at radius 1 is 1.25 bits per heavy atom. The molecule has 0 spiro atoms. The first-order chi connectivity index (χ1) is 7.78. The lowest BCUT2D eigenvalue weighted by Crippen LogP contribution is -2.38. The molecule has 1 aromatic rings. The third-order valence-electron chi connectivity index (χ3n) is 3.20. The van der Waals surface area contributed by atoms with Gasteiger partial charge in [-0.2, -0.15) is 0 Å². The molecule has 0 aliphatic carbocycles. The molecule has 0 bridgehead atoms. The van der Waals surface area contributed by atoms with E-state index in [0.717, 1.165) is 42.4 Å². The van der Waals surface area contributed by atoms with Gasteiger partial charge in [-0.3, -0.25) is 4.79 Å². The quantitative estimate of drug-likeness (QED) is 0.677. The molecule has 2 aliphatic rings. The van der Waals surface area contributed by atoms with Gasteiger partial charge in [0.25, 0.3) is 0 Å². The van der Waals surface area contributed by atoms with Gasteiger partial charge in [-0.05, 0) is 13.3 Å².